The van der Waals surface area contributed by atoms with Gasteiger partial charge in [-0.3, -0.25) is 4.98 Å². The Morgan fingerprint density at radius 3 is 2.95 bits per heavy atom. The van der Waals surface area contributed by atoms with Crippen molar-refractivity contribution in [2.45, 2.75) is 11.6 Å². The van der Waals surface area contributed by atoms with Gasteiger partial charge in [-0.1, -0.05) is 35.5 Å². The lowest BCUT2D eigenvalue weighted by atomic mass is 10.2. The Bertz CT molecular complexity index is 684. The molecule has 0 atom stereocenters. The van der Waals surface area contributed by atoms with E-state index in [0.29, 0.717) is 15.8 Å². The topological polar surface area (TPSA) is 38.9 Å². The normalized spacial score (nSPS) is 11.0. The third kappa shape index (κ3) is 2.91. The number of fused-ring (bicyclic) bond motifs is 1. The average molecular weight is 291 g/mol. The minimum atomic E-state index is 0.601. The van der Waals surface area contributed by atoms with Crippen molar-refractivity contribution >= 4 is 34.5 Å². The van der Waals surface area contributed by atoms with E-state index >= 15 is 0 Å². The number of aryl methyl sites for hydroxylation is 1. The lowest BCUT2D eigenvalue weighted by Crippen LogP contribution is -1.88. The number of hydrogen-bond donors (Lipinski definition) is 0. The van der Waals surface area contributed by atoms with Crippen LogP contribution in [0.25, 0.3) is 11.1 Å². The fourth-order valence-corrected chi connectivity index (χ4v) is 2.78. The molecule has 19 heavy (non-hydrogen) atoms. The van der Waals surface area contributed by atoms with E-state index in [9.17, 15) is 0 Å². The number of hydrogen-bond acceptors (Lipinski definition) is 4. The van der Waals surface area contributed by atoms with Gasteiger partial charge in [0.15, 0.2) is 5.58 Å². The molecule has 0 saturated heterocycles. The summed E-state index contributed by atoms with van der Waals surface area (Å²) in [7, 11) is 0. The van der Waals surface area contributed by atoms with Crippen LogP contribution >= 0.6 is 23.4 Å². The zero-order valence-corrected chi connectivity index (χ0v) is 11.6. The third-order valence-corrected chi connectivity index (χ3v) is 3.81. The van der Waals surface area contributed by atoms with Crippen LogP contribution in [0.3, 0.4) is 0 Å². The molecular formula is C14H11ClN2OS. The number of halogens is 1. The second kappa shape index (κ2) is 5.63. The maximum Gasteiger partial charge on any atom is 0.256 e. The van der Waals surface area contributed by atoms with Crippen LogP contribution in [0.15, 0.2) is 52.4 Å². The molecular weight excluding hydrogens is 280 g/mol. The summed E-state index contributed by atoms with van der Waals surface area (Å²) in [6.07, 6.45) is 4.59. The Hall–Kier alpha value is -1.52. The van der Waals surface area contributed by atoms with Crippen LogP contribution in [-0.4, -0.2) is 15.7 Å². The van der Waals surface area contributed by atoms with Gasteiger partial charge in [0.2, 0.25) is 0 Å². The standard InChI is InChI=1S/C14H11ClN2OS/c15-11-4-1-5-12-13(11)18-14(17-12)19-8-6-10-3-2-7-16-9-10/h1-5,7,9H,6,8H2. The smallest absolute Gasteiger partial charge is 0.256 e. The van der Waals surface area contributed by atoms with Gasteiger partial charge in [-0.05, 0) is 30.2 Å². The molecule has 3 nitrogen and oxygen atoms in total. The molecule has 0 fully saturated rings. The van der Waals surface area contributed by atoms with E-state index in [-0.39, 0.29) is 0 Å². The van der Waals surface area contributed by atoms with Crippen LogP contribution in [0.1, 0.15) is 5.56 Å². The Morgan fingerprint density at radius 2 is 2.16 bits per heavy atom. The molecule has 0 aliphatic heterocycles. The quantitative estimate of drug-likeness (QED) is 0.675. The largest absolute Gasteiger partial charge is 0.430 e. The summed E-state index contributed by atoms with van der Waals surface area (Å²) in [5.74, 6) is 0.899. The van der Waals surface area contributed by atoms with Gasteiger partial charge in [0.25, 0.3) is 5.22 Å². The van der Waals surface area contributed by atoms with E-state index in [4.69, 9.17) is 16.0 Å². The maximum absolute atomic E-state index is 6.05. The molecule has 0 saturated carbocycles. The van der Waals surface area contributed by atoms with Gasteiger partial charge >= 0.3 is 0 Å². The molecule has 2 aromatic heterocycles. The van der Waals surface area contributed by atoms with Crippen molar-refractivity contribution in [3.8, 4) is 0 Å². The second-order valence-corrected chi connectivity index (χ2v) is 5.48. The van der Waals surface area contributed by atoms with Crippen LogP contribution in [0, 0.1) is 0 Å². The molecule has 0 N–H and O–H groups in total. The summed E-state index contributed by atoms with van der Waals surface area (Å²) < 4.78 is 5.64. The Morgan fingerprint density at radius 1 is 1.21 bits per heavy atom. The van der Waals surface area contributed by atoms with E-state index in [1.807, 2.05) is 24.4 Å². The number of para-hydroxylation sites is 1. The Kier molecular flexibility index (Phi) is 3.71. The average Bonchev–Trinajstić information content (AvgIpc) is 2.84. The summed E-state index contributed by atoms with van der Waals surface area (Å²) in [4.78, 5) is 8.49. The van der Waals surface area contributed by atoms with Gasteiger partial charge in [-0.15, -0.1) is 0 Å². The van der Waals surface area contributed by atoms with Crippen molar-refractivity contribution in [1.29, 1.82) is 0 Å². The van der Waals surface area contributed by atoms with Gasteiger partial charge in [-0.2, -0.15) is 0 Å². The maximum atomic E-state index is 6.05. The lowest BCUT2D eigenvalue weighted by molar-refractivity contribution is 0.489. The molecule has 1 aromatic carbocycles. The number of aromatic nitrogens is 2. The highest BCUT2D eigenvalue weighted by molar-refractivity contribution is 7.99. The zero-order chi connectivity index (χ0) is 13.1. The van der Waals surface area contributed by atoms with Crippen molar-refractivity contribution in [3.05, 3.63) is 53.3 Å². The molecule has 3 rings (SSSR count). The van der Waals surface area contributed by atoms with Gasteiger partial charge in [0.05, 0.1) is 5.02 Å². The first-order valence-electron chi connectivity index (χ1n) is 5.90. The van der Waals surface area contributed by atoms with Crippen molar-refractivity contribution in [1.82, 2.24) is 9.97 Å². The summed E-state index contributed by atoms with van der Waals surface area (Å²) in [6.45, 7) is 0. The summed E-state index contributed by atoms with van der Waals surface area (Å²) >= 11 is 7.63. The van der Waals surface area contributed by atoms with Crippen LogP contribution in [0.4, 0.5) is 0 Å². The molecule has 0 unspecified atom stereocenters. The summed E-state index contributed by atoms with van der Waals surface area (Å²) in [5.41, 5.74) is 2.67. The van der Waals surface area contributed by atoms with Crippen molar-refractivity contribution in [2.24, 2.45) is 0 Å². The Balaban J connectivity index is 1.67. The van der Waals surface area contributed by atoms with Gasteiger partial charge in [-0.25, -0.2) is 4.98 Å². The molecule has 2 heterocycles. The Labute approximate surface area is 120 Å². The first kappa shape index (κ1) is 12.5. The molecule has 5 heteroatoms. The lowest BCUT2D eigenvalue weighted by Gasteiger charge is -1.97. The fraction of sp³-hybridized carbons (Fsp3) is 0.143. The van der Waals surface area contributed by atoms with E-state index in [1.54, 1.807) is 24.0 Å². The second-order valence-electron chi connectivity index (χ2n) is 4.03. The number of benzene rings is 1. The monoisotopic (exact) mass is 290 g/mol. The van der Waals surface area contributed by atoms with Gasteiger partial charge < -0.3 is 4.42 Å². The predicted molar refractivity (Wildman–Crippen MR) is 77.7 cm³/mol. The molecule has 0 spiro atoms. The van der Waals surface area contributed by atoms with Crippen molar-refractivity contribution in [3.63, 3.8) is 0 Å². The molecule has 0 aliphatic carbocycles. The highest BCUT2D eigenvalue weighted by Gasteiger charge is 2.08. The van der Waals surface area contributed by atoms with Crippen LogP contribution in [0.2, 0.25) is 5.02 Å². The number of thioether (sulfide) groups is 1. The predicted octanol–water partition coefficient (Wildman–Crippen LogP) is 4.21. The van der Waals surface area contributed by atoms with Crippen molar-refractivity contribution < 1.29 is 4.42 Å². The SMILES string of the molecule is Clc1cccc2nc(SCCc3cccnc3)oc12. The van der Waals surface area contributed by atoms with E-state index in [2.05, 4.69) is 16.0 Å². The zero-order valence-electron chi connectivity index (χ0n) is 10.0. The third-order valence-electron chi connectivity index (χ3n) is 2.69. The van der Waals surface area contributed by atoms with Gasteiger partial charge in [0.1, 0.15) is 5.52 Å². The number of oxazole rings is 1. The molecule has 0 bridgehead atoms. The summed E-state index contributed by atoms with van der Waals surface area (Å²) in [6, 6.07) is 9.59. The summed E-state index contributed by atoms with van der Waals surface area (Å²) in [5, 5.41) is 1.26. The van der Waals surface area contributed by atoms with E-state index in [1.165, 1.54) is 5.56 Å². The van der Waals surface area contributed by atoms with E-state index in [0.717, 1.165) is 17.7 Å². The van der Waals surface area contributed by atoms with Gasteiger partial charge in [0, 0.05) is 18.1 Å². The molecule has 0 radical (unpaired) electrons. The number of nitrogens with zero attached hydrogens (tertiary/aromatic N) is 2. The highest BCUT2D eigenvalue weighted by Crippen LogP contribution is 2.28. The highest BCUT2D eigenvalue weighted by atomic mass is 35.5. The molecule has 96 valence electrons. The first-order chi connectivity index (χ1) is 9.33. The number of pyridine rings is 1. The first-order valence-corrected chi connectivity index (χ1v) is 7.26. The molecule has 0 aliphatic rings. The fourth-order valence-electron chi connectivity index (χ4n) is 1.76. The molecule has 0 amide bonds. The van der Waals surface area contributed by atoms with E-state index < -0.39 is 0 Å². The minimum absolute atomic E-state index is 0.601. The van der Waals surface area contributed by atoms with Crippen LogP contribution < -0.4 is 0 Å². The van der Waals surface area contributed by atoms with Crippen LogP contribution in [-0.2, 0) is 6.42 Å². The number of rotatable bonds is 4. The molecule has 3 aromatic rings. The van der Waals surface area contributed by atoms with Crippen LogP contribution in [0.5, 0.6) is 0 Å². The van der Waals surface area contributed by atoms with Crippen molar-refractivity contribution in [2.75, 3.05) is 5.75 Å². The minimum Gasteiger partial charge on any atom is -0.430 e.